The molecule has 2 rings (SSSR count). The molecule has 0 unspecified atom stereocenters. The van der Waals surface area contributed by atoms with Gasteiger partial charge in [-0.1, -0.05) is 23.9 Å². The van der Waals surface area contributed by atoms with Gasteiger partial charge in [-0.2, -0.15) is 0 Å². The van der Waals surface area contributed by atoms with Crippen molar-refractivity contribution < 1.29 is 4.74 Å². The van der Waals surface area contributed by atoms with Gasteiger partial charge < -0.3 is 10.6 Å². The van der Waals surface area contributed by atoms with E-state index < -0.39 is 0 Å². The second-order valence-corrected chi connectivity index (χ2v) is 4.40. The summed E-state index contributed by atoms with van der Waals surface area (Å²) in [6.07, 6.45) is 0. The van der Waals surface area contributed by atoms with Crippen LogP contribution >= 0.6 is 11.8 Å². The van der Waals surface area contributed by atoms with Gasteiger partial charge in [-0.3, -0.25) is 5.43 Å². The van der Waals surface area contributed by atoms with Crippen LogP contribution in [0.4, 0.5) is 5.95 Å². The van der Waals surface area contributed by atoms with Gasteiger partial charge in [0.1, 0.15) is 5.75 Å². The summed E-state index contributed by atoms with van der Waals surface area (Å²) in [7, 11) is 1.64. The molecule has 1 heterocycles. The van der Waals surface area contributed by atoms with E-state index in [1.165, 1.54) is 16.4 Å². The predicted octanol–water partition coefficient (Wildman–Crippen LogP) is 0.578. The van der Waals surface area contributed by atoms with E-state index >= 15 is 0 Å². The van der Waals surface area contributed by atoms with Crippen LogP contribution in [-0.2, 0) is 5.75 Å². The molecule has 0 amide bonds. The van der Waals surface area contributed by atoms with Crippen molar-refractivity contribution >= 4 is 17.7 Å². The Kier molecular flexibility index (Phi) is 3.90. The zero-order chi connectivity index (χ0) is 13.0. The average Bonchev–Trinajstić information content (AvgIpc) is 2.77. The third-order valence-corrected chi connectivity index (χ3v) is 3.33. The van der Waals surface area contributed by atoms with E-state index in [0.29, 0.717) is 11.1 Å². The Morgan fingerprint density at radius 1 is 1.33 bits per heavy atom. The molecule has 8 heteroatoms. The molecule has 0 spiro atoms. The maximum absolute atomic E-state index is 5.73. The molecule has 1 aromatic carbocycles. The van der Waals surface area contributed by atoms with Crippen molar-refractivity contribution in [2.45, 2.75) is 10.9 Å². The first-order chi connectivity index (χ1) is 8.74. The second-order valence-electron chi connectivity index (χ2n) is 3.46. The summed E-state index contributed by atoms with van der Waals surface area (Å²) in [4.78, 5) is 0. The van der Waals surface area contributed by atoms with Crippen molar-refractivity contribution in [3.8, 4) is 5.75 Å². The van der Waals surface area contributed by atoms with Gasteiger partial charge in [0.2, 0.25) is 5.16 Å². The Balaban J connectivity index is 1.99. The number of hydrogen-bond acceptors (Lipinski definition) is 7. The lowest BCUT2D eigenvalue weighted by molar-refractivity contribution is 0.414. The van der Waals surface area contributed by atoms with Crippen LogP contribution in [0.3, 0.4) is 0 Å². The van der Waals surface area contributed by atoms with E-state index in [4.69, 9.17) is 16.4 Å². The number of nitrogens with one attached hydrogen (secondary N) is 1. The molecule has 1 aromatic heterocycles. The molecule has 0 aliphatic carbocycles. The van der Waals surface area contributed by atoms with Crippen LogP contribution in [-0.4, -0.2) is 22.0 Å². The molecule has 0 radical (unpaired) electrons. The molecule has 2 aromatic rings. The van der Waals surface area contributed by atoms with Gasteiger partial charge in [0.05, 0.1) is 7.11 Å². The first kappa shape index (κ1) is 12.5. The smallest absolute Gasteiger partial charge is 0.258 e. The molecule has 0 aliphatic heterocycles. The molecule has 7 nitrogen and oxygen atoms in total. The third kappa shape index (κ3) is 2.66. The van der Waals surface area contributed by atoms with Crippen LogP contribution in [0.25, 0.3) is 0 Å². The predicted molar refractivity (Wildman–Crippen MR) is 70.5 cm³/mol. The van der Waals surface area contributed by atoms with Crippen molar-refractivity contribution in [1.29, 1.82) is 0 Å². The number of anilines is 1. The van der Waals surface area contributed by atoms with Crippen LogP contribution in [0.5, 0.6) is 5.75 Å². The monoisotopic (exact) mass is 266 g/mol. The summed E-state index contributed by atoms with van der Waals surface area (Å²) in [5, 5.41) is 8.30. The third-order valence-electron chi connectivity index (χ3n) is 2.32. The van der Waals surface area contributed by atoms with Crippen LogP contribution in [0.2, 0.25) is 0 Å². The first-order valence-electron chi connectivity index (χ1n) is 5.17. The highest BCUT2D eigenvalue weighted by molar-refractivity contribution is 7.98. The number of nitrogens with zero attached hydrogens (tertiary/aromatic N) is 3. The number of hydrazine groups is 1. The molecule has 18 heavy (non-hydrogen) atoms. The molecular weight excluding hydrogens is 252 g/mol. The van der Waals surface area contributed by atoms with Crippen molar-refractivity contribution in [1.82, 2.24) is 14.9 Å². The summed E-state index contributed by atoms with van der Waals surface area (Å²) < 4.78 is 6.41. The minimum absolute atomic E-state index is 0.326. The van der Waals surface area contributed by atoms with Gasteiger partial charge in [-0.25, -0.2) is 10.5 Å². The summed E-state index contributed by atoms with van der Waals surface area (Å²) in [5.41, 5.74) is 3.51. The SMILES string of the molecule is COc1ccc(CSc2nnc(NN)n2N)cc1. The number of hydrogen-bond donors (Lipinski definition) is 3. The first-order valence-corrected chi connectivity index (χ1v) is 6.16. The van der Waals surface area contributed by atoms with Crippen molar-refractivity contribution in [2.24, 2.45) is 5.84 Å². The lowest BCUT2D eigenvalue weighted by Crippen LogP contribution is -2.18. The molecule has 0 saturated carbocycles. The Labute approximate surface area is 108 Å². The van der Waals surface area contributed by atoms with Crippen LogP contribution in [0.15, 0.2) is 29.4 Å². The van der Waals surface area contributed by atoms with E-state index in [0.717, 1.165) is 17.1 Å². The fourth-order valence-electron chi connectivity index (χ4n) is 1.34. The number of methoxy groups -OCH3 is 1. The van der Waals surface area contributed by atoms with Crippen LogP contribution < -0.4 is 21.8 Å². The zero-order valence-corrected chi connectivity index (χ0v) is 10.6. The lowest BCUT2D eigenvalue weighted by atomic mass is 10.2. The largest absolute Gasteiger partial charge is 0.497 e. The Hall–Kier alpha value is -1.93. The van der Waals surface area contributed by atoms with E-state index in [1.807, 2.05) is 24.3 Å². The molecular formula is C10H14N6OS. The molecule has 5 N–H and O–H groups in total. The molecule has 0 aliphatic rings. The normalized spacial score (nSPS) is 10.3. The summed E-state index contributed by atoms with van der Waals surface area (Å²) in [6.45, 7) is 0. The number of thioether (sulfide) groups is 1. The Bertz CT molecular complexity index is 512. The lowest BCUT2D eigenvalue weighted by Gasteiger charge is -2.04. The fraction of sp³-hybridized carbons (Fsp3) is 0.200. The minimum atomic E-state index is 0.326. The average molecular weight is 266 g/mol. The maximum Gasteiger partial charge on any atom is 0.258 e. The van der Waals surface area contributed by atoms with E-state index in [1.54, 1.807) is 7.11 Å². The summed E-state index contributed by atoms with van der Waals surface area (Å²) >= 11 is 1.48. The standard InChI is InChI=1S/C10H14N6OS/c1-17-8-4-2-7(3-5-8)6-18-10-15-14-9(13-11)16(10)12/h2-5H,6,11-12H2,1H3,(H,13,14). The van der Waals surface area contributed by atoms with E-state index in [-0.39, 0.29) is 0 Å². The van der Waals surface area contributed by atoms with Gasteiger partial charge in [0.25, 0.3) is 5.95 Å². The number of nitrogens with two attached hydrogens (primary N) is 2. The quantitative estimate of drug-likeness (QED) is 0.413. The van der Waals surface area contributed by atoms with Gasteiger partial charge in [-0.15, -0.1) is 10.2 Å². The molecule has 0 saturated heterocycles. The molecule has 0 bridgehead atoms. The topological polar surface area (TPSA) is 104 Å². The zero-order valence-electron chi connectivity index (χ0n) is 9.83. The van der Waals surface area contributed by atoms with E-state index in [9.17, 15) is 0 Å². The minimum Gasteiger partial charge on any atom is -0.497 e. The number of benzene rings is 1. The highest BCUT2D eigenvalue weighted by Gasteiger charge is 2.08. The number of ether oxygens (including phenoxy) is 1. The summed E-state index contributed by atoms with van der Waals surface area (Å²) in [5.74, 6) is 12.9. The highest BCUT2D eigenvalue weighted by Crippen LogP contribution is 2.22. The highest BCUT2D eigenvalue weighted by atomic mass is 32.2. The fourth-order valence-corrected chi connectivity index (χ4v) is 2.16. The van der Waals surface area contributed by atoms with E-state index in [2.05, 4.69) is 15.6 Å². The molecule has 0 atom stereocenters. The van der Waals surface area contributed by atoms with Gasteiger partial charge in [0.15, 0.2) is 0 Å². The second kappa shape index (κ2) is 5.61. The Morgan fingerprint density at radius 3 is 2.61 bits per heavy atom. The number of aromatic nitrogens is 3. The molecule has 96 valence electrons. The summed E-state index contributed by atoms with van der Waals surface area (Å²) in [6, 6.07) is 7.81. The number of rotatable bonds is 5. The maximum atomic E-state index is 5.73. The van der Waals surface area contributed by atoms with Crippen molar-refractivity contribution in [2.75, 3.05) is 18.4 Å². The Morgan fingerprint density at radius 2 is 2.06 bits per heavy atom. The van der Waals surface area contributed by atoms with Gasteiger partial charge >= 0.3 is 0 Å². The van der Waals surface area contributed by atoms with Gasteiger partial charge in [-0.05, 0) is 17.7 Å². The van der Waals surface area contributed by atoms with Crippen LogP contribution in [0.1, 0.15) is 5.56 Å². The molecule has 0 fully saturated rings. The number of nitrogen functional groups attached to an aromatic ring is 2. The van der Waals surface area contributed by atoms with Gasteiger partial charge in [0, 0.05) is 5.75 Å². The van der Waals surface area contributed by atoms with Crippen molar-refractivity contribution in [3.63, 3.8) is 0 Å². The van der Waals surface area contributed by atoms with Crippen LogP contribution in [0, 0.1) is 0 Å². The van der Waals surface area contributed by atoms with Crippen molar-refractivity contribution in [3.05, 3.63) is 29.8 Å².